The Kier molecular flexibility index (Phi) is 40.8. The van der Waals surface area contributed by atoms with Gasteiger partial charge in [0, 0.05) is 137 Å². The van der Waals surface area contributed by atoms with Crippen LogP contribution in [0.25, 0.3) is 77.4 Å². The number of hydrogen-bond acceptors (Lipinski definition) is 47. The molecule has 21 N–H and O–H groups in total. The number of H-pyrrole nitrogens is 2. The third-order valence-corrected chi connectivity index (χ3v) is 24.6. The van der Waals surface area contributed by atoms with Crippen LogP contribution in [-0.4, -0.2) is 266 Å². The number of thiol groups is 2. The van der Waals surface area contributed by atoms with E-state index in [4.69, 9.17) is 93.4 Å². The number of primary amides is 1. The number of methoxy groups -OCH3 is 3. The Hall–Kier alpha value is -14.7. The maximum absolute atomic E-state index is 12.8. The van der Waals surface area contributed by atoms with Crippen molar-refractivity contribution in [2.75, 3.05) is 104 Å². The van der Waals surface area contributed by atoms with Gasteiger partial charge in [0.25, 0.3) is 11.8 Å². The molecule has 0 saturated carbocycles. The zero-order valence-corrected chi connectivity index (χ0v) is 87.7. The molecule has 0 spiro atoms. The number of fused-ring (bicyclic) bond motifs is 11. The van der Waals surface area contributed by atoms with Crippen molar-refractivity contribution in [3.05, 3.63) is 205 Å². The number of piperazine rings is 1. The first-order chi connectivity index (χ1) is 69.2. The van der Waals surface area contributed by atoms with Gasteiger partial charge in [0.05, 0.1) is 120 Å². The summed E-state index contributed by atoms with van der Waals surface area (Å²) in [4.78, 5) is 180. The van der Waals surface area contributed by atoms with Crippen LogP contribution in [-0.2, 0) is 71.6 Å². The molecule has 60 heteroatoms. The number of hydrogen-bond donors (Lipinski definition) is 17. The van der Waals surface area contributed by atoms with Crippen molar-refractivity contribution >= 4 is 223 Å². The SMILES string of the molecule is CN(Cc1cnc2nc(N)nc(N)c2n1)c1ccc(C(=O)N[C@@H](CCC(=O)O)C(=O)O)cc1.CN(Cc1cnc2nc(N)nc(N)c2n1)c1ccc(C(=O)N[C@@H](CCC(=O)O)C(=O)O)cc1.CO[C@@]12[C@H](COC(N)=O)C3=C(C(=O)C(C)=C(N)C3=O)N1C[C@@H]1N[C@@H]12.COc1c2occc2cc2ccc(=O)oc12.COc1c2occc2cc2ccc(=O)oc12.O=S(=O)([O-])CCS.O=S(=O)([O-])CCS.S=c1nc[nH]c2nc[nH]c12.[Na+].[Na+]. The van der Waals surface area contributed by atoms with Crippen molar-refractivity contribution in [3.8, 4) is 11.5 Å². The molecule has 14 aromatic rings. The Morgan fingerprint density at radius 2 is 1.03 bits per heavy atom. The number of carboxylic acids is 4. The average Bonchev–Trinajstić information content (AvgIpc) is 1.50. The van der Waals surface area contributed by atoms with Gasteiger partial charge < -0.3 is 141 Å². The van der Waals surface area contributed by atoms with E-state index >= 15 is 0 Å². The number of allylic oxidation sites excluding steroid dienone is 2. The van der Waals surface area contributed by atoms with E-state index in [0.29, 0.717) is 97.5 Å². The third kappa shape index (κ3) is 29.4. The quantitative estimate of drug-likeness (QED) is 0.00500. The topological polar surface area (TPSA) is 845 Å². The van der Waals surface area contributed by atoms with E-state index in [1.54, 1.807) is 67.6 Å². The van der Waals surface area contributed by atoms with Crippen LogP contribution < -0.4 is 140 Å². The van der Waals surface area contributed by atoms with Crippen LogP contribution >= 0.6 is 37.5 Å². The van der Waals surface area contributed by atoms with Gasteiger partial charge in [-0.2, -0.15) is 45.2 Å². The Balaban J connectivity index is 0.000000197. The fourth-order valence-corrected chi connectivity index (χ4v) is 17.0. The second-order valence-corrected chi connectivity index (χ2v) is 35.8. The number of carbonyl (C=O) groups is 9. The number of rotatable bonds is 27. The number of nitrogen functional groups attached to an aromatic ring is 4. The number of nitrogens with two attached hydrogens (primary N) is 6. The van der Waals surface area contributed by atoms with Gasteiger partial charge in [0.15, 0.2) is 72.3 Å². The van der Waals surface area contributed by atoms with Crippen LogP contribution in [0.15, 0.2) is 184 Å². The Labute approximate surface area is 896 Å². The number of nitrogens with one attached hydrogen (secondary N) is 5. The van der Waals surface area contributed by atoms with Gasteiger partial charge in [0.2, 0.25) is 35.0 Å². The van der Waals surface area contributed by atoms with Crippen molar-refractivity contribution in [1.29, 1.82) is 0 Å². The second kappa shape index (κ2) is 51.6. The minimum absolute atomic E-state index is 0. The number of carbonyl (C=O) groups excluding carboxylic acids is 5. The number of carboxylic acid groups (broad SMARTS) is 4. The number of amides is 3. The summed E-state index contributed by atoms with van der Waals surface area (Å²) in [6, 6.07) is 24.1. The molecule has 18 rings (SSSR count). The fraction of sp³-hybridized carbons (Fsp3) is 0.273. The second-order valence-electron chi connectivity index (χ2n) is 31.5. The van der Waals surface area contributed by atoms with Gasteiger partial charge >= 0.3 is 100 Å². The van der Waals surface area contributed by atoms with Crippen molar-refractivity contribution in [2.24, 2.45) is 17.4 Å². The van der Waals surface area contributed by atoms with Crippen molar-refractivity contribution in [3.63, 3.8) is 0 Å². The molecule has 6 atom stereocenters. The van der Waals surface area contributed by atoms with Gasteiger partial charge in [-0.3, -0.25) is 28.8 Å². The maximum Gasteiger partial charge on any atom is 1.00 e. The van der Waals surface area contributed by atoms with Gasteiger partial charge in [0.1, 0.15) is 24.2 Å². The van der Waals surface area contributed by atoms with Crippen LogP contribution in [0, 0.1) is 10.6 Å². The summed E-state index contributed by atoms with van der Waals surface area (Å²) in [6.07, 6.45) is 7.24. The predicted molar refractivity (Wildman–Crippen MR) is 530 cm³/mol. The fourth-order valence-electron chi connectivity index (χ4n) is 15.0. The normalized spacial score (nSPS) is 15.4. The molecule has 53 nitrogen and oxygen atoms in total. The number of anilines is 6. The number of ether oxygens (including phenoxy) is 4. The number of nitrogens with zero attached hydrogens (tertiary/aromatic N) is 13. The molecule has 148 heavy (non-hydrogen) atoms. The summed E-state index contributed by atoms with van der Waals surface area (Å²) in [7, 11) is 0.183. The number of imidazole rings is 1. The number of furan rings is 2. The zero-order valence-electron chi connectivity index (χ0n) is 79.5. The van der Waals surface area contributed by atoms with E-state index < -0.39 is 103 Å². The average molecular weight is 2160 g/mol. The Morgan fingerprint density at radius 3 is 1.42 bits per heavy atom. The first kappa shape index (κ1) is 117. The minimum atomic E-state index is -4.00. The monoisotopic (exact) mass is 2150 g/mol. The summed E-state index contributed by atoms with van der Waals surface area (Å²) in [5.41, 5.74) is 40.7. The van der Waals surface area contributed by atoms with Crippen molar-refractivity contribution in [2.45, 2.75) is 75.6 Å². The largest absolute Gasteiger partial charge is 1.00 e. The van der Waals surface area contributed by atoms with Gasteiger partial charge in [-0.05, 0) is 105 Å². The molecule has 3 amide bonds. The molecular weight excluding hydrogens is 2060 g/mol. The standard InChI is InChI=1S/2C20H22N8O5.C15H18N4O5.2C12H8O4.C5H4N4S.2C2H6O3S2.2Na/c2*1-28(9-11-8-23-17-15(24-11)16(21)26-20(22)27-17)12-4-2-10(3-5-12)18(31)25-13(19(32)33)6-7-14(29)30;1-5-9(16)12(21)8-6(4-24-14(17)22)15(23-2)13-7(18-13)3-19(15)10(8)11(5)20;2*1-14-12-10-8(4-5-15-10)6-7-2-3-9(13)16-11(7)12;10-5-3-4(7-1-6-3)8-2-9-5;2*3-7(4,5)2-1-6;;/h2*2-5,8,13H,6-7,9H2,1H3,(H,25,31)(H,29,30)(H,32,33)(H4,21,22,23,26,27);6-7,13,18H,3-4,16H2,1-2H3,(H2,17,22);2*2-6H,1H3;1-2H,(H2,6,7,8,9,10);2*6H,1-2H2,(H,3,4,5);;/q;;;;;;;;2*+1/p-2/t2*13-;6-,7+,13+,15-;;;;;;;/m001......./s1. The number of aromatic amines is 2. The van der Waals surface area contributed by atoms with E-state index in [1.807, 2.05) is 53.1 Å². The van der Waals surface area contributed by atoms with E-state index in [-0.39, 0.29) is 184 Å². The minimum Gasteiger partial charge on any atom is -0.748 e. The number of aromatic nitrogens is 12. The summed E-state index contributed by atoms with van der Waals surface area (Å²) in [5.74, 6) is -6.80. The first-order valence-corrected chi connectivity index (χ1v) is 47.5. The molecule has 10 aromatic heterocycles. The summed E-state index contributed by atoms with van der Waals surface area (Å²) in [6.45, 7) is 2.66. The molecular formula is C88H92N24Na2O29S5. The Bertz CT molecular complexity index is 7490. The smallest absolute Gasteiger partial charge is 0.748 e. The molecule has 0 bridgehead atoms. The summed E-state index contributed by atoms with van der Waals surface area (Å²) in [5, 5.41) is 47.2. The van der Waals surface area contributed by atoms with Gasteiger partial charge in [-0.15, -0.1) is 0 Å². The molecule has 3 aliphatic heterocycles. The zero-order chi connectivity index (χ0) is 107. The predicted octanol–water partition coefficient (Wildman–Crippen LogP) is -2.07. The molecule has 13 heterocycles. The molecule has 770 valence electrons. The molecule has 2 fully saturated rings. The van der Waals surface area contributed by atoms with E-state index in [2.05, 4.69) is 101 Å². The maximum atomic E-state index is 12.8. The van der Waals surface area contributed by atoms with E-state index in [0.717, 1.165) is 44.1 Å². The van der Waals surface area contributed by atoms with Crippen LogP contribution in [0.2, 0.25) is 0 Å². The van der Waals surface area contributed by atoms with Crippen molar-refractivity contribution in [1.82, 2.24) is 80.7 Å². The third-order valence-electron chi connectivity index (χ3n) is 21.8. The number of ketones is 2. The number of Topliss-reactive ketones (excluding diaryl/α,β-unsaturated/α-hetero) is 2. The number of benzene rings is 4. The van der Waals surface area contributed by atoms with Crippen LogP contribution in [0.5, 0.6) is 11.5 Å². The van der Waals surface area contributed by atoms with E-state index in [1.165, 1.54) is 71.0 Å². The van der Waals surface area contributed by atoms with Gasteiger partial charge in [-0.1, -0.05) is 12.2 Å². The first-order valence-electron chi connectivity index (χ1n) is 42.7. The Morgan fingerprint density at radius 1 is 0.601 bits per heavy atom. The van der Waals surface area contributed by atoms with Crippen molar-refractivity contribution < 1.29 is 185 Å². The molecule has 0 unspecified atom stereocenters. The van der Waals surface area contributed by atoms with Gasteiger partial charge in [-0.25, -0.2) is 70.7 Å². The summed E-state index contributed by atoms with van der Waals surface area (Å²) < 4.78 is 100. The molecule has 1 aliphatic carbocycles. The molecule has 4 aromatic carbocycles. The molecule has 0 radical (unpaired) electrons. The summed E-state index contributed by atoms with van der Waals surface area (Å²) >= 11 is 12.0. The number of aliphatic carboxylic acids is 4. The van der Waals surface area contributed by atoms with Crippen LogP contribution in [0.1, 0.15) is 64.7 Å². The van der Waals surface area contributed by atoms with E-state index in [9.17, 15) is 88.9 Å². The van der Waals surface area contributed by atoms with Crippen LogP contribution in [0.3, 0.4) is 0 Å². The molecule has 4 aliphatic rings. The molecule has 2 saturated heterocycles. The van der Waals surface area contributed by atoms with Crippen LogP contribution in [0.4, 0.5) is 39.7 Å².